The van der Waals surface area contributed by atoms with Crippen molar-refractivity contribution in [3.8, 4) is 5.75 Å². The molecule has 0 spiro atoms. The zero-order valence-electron chi connectivity index (χ0n) is 20.2. The van der Waals surface area contributed by atoms with Crippen LogP contribution in [0, 0.1) is 11.6 Å². The van der Waals surface area contributed by atoms with Crippen LogP contribution in [-0.2, 0) is 17.9 Å². The molecule has 0 unspecified atom stereocenters. The number of anilines is 3. The first kappa shape index (κ1) is 25.7. The van der Waals surface area contributed by atoms with Crippen LogP contribution >= 0.6 is 11.6 Å². The lowest BCUT2D eigenvalue weighted by atomic mass is 10.1. The van der Waals surface area contributed by atoms with Crippen molar-refractivity contribution >= 4 is 45.6 Å². The first-order chi connectivity index (χ1) is 18.9. The lowest BCUT2D eigenvalue weighted by molar-refractivity contribution is -0.111. The smallest absolute Gasteiger partial charge is 0.247 e. The number of halogens is 3. The van der Waals surface area contributed by atoms with Gasteiger partial charge in [-0.05, 0) is 48.0 Å². The van der Waals surface area contributed by atoms with Crippen LogP contribution in [-0.4, -0.2) is 30.9 Å². The average Bonchev–Trinajstić information content (AvgIpc) is 3.38. The number of aromatic nitrogens is 5. The fourth-order valence-corrected chi connectivity index (χ4v) is 3.89. The molecule has 5 rings (SSSR count). The third-order valence-electron chi connectivity index (χ3n) is 5.58. The standard InChI is InChI=1S/C27H20ClF2N7O2/c1-2-26(38)34-24-10-20-23(31-15-32-27(20)33-18-7-8-22(30)21(28)9-18)11-25(24)39-14-19-13-37(36-35-19)12-16-3-5-17(29)6-4-16/h2-11,13,15H,1,12,14H2,(H,34,38)(H,31,32,33). The molecule has 196 valence electrons. The van der Waals surface area contributed by atoms with Crippen LogP contribution in [0.1, 0.15) is 11.3 Å². The predicted octanol–water partition coefficient (Wildman–Crippen LogP) is 5.65. The molecule has 2 aromatic heterocycles. The van der Waals surface area contributed by atoms with Gasteiger partial charge in [-0.1, -0.05) is 35.5 Å². The predicted molar refractivity (Wildman–Crippen MR) is 143 cm³/mol. The van der Waals surface area contributed by atoms with Gasteiger partial charge in [-0.2, -0.15) is 0 Å². The Labute approximate surface area is 226 Å². The van der Waals surface area contributed by atoms with Crippen molar-refractivity contribution < 1.29 is 18.3 Å². The number of benzene rings is 3. The zero-order chi connectivity index (χ0) is 27.4. The summed E-state index contributed by atoms with van der Waals surface area (Å²) in [7, 11) is 0. The highest BCUT2D eigenvalue weighted by molar-refractivity contribution is 6.31. The van der Waals surface area contributed by atoms with Crippen molar-refractivity contribution in [1.29, 1.82) is 0 Å². The fraction of sp³-hybridized carbons (Fsp3) is 0.0741. The Morgan fingerprint density at radius 3 is 2.69 bits per heavy atom. The SMILES string of the molecule is C=CC(=O)Nc1cc2c(Nc3ccc(F)c(Cl)c3)ncnc2cc1OCc1cn(Cc2ccc(F)cc2)nn1. The average molecular weight is 548 g/mol. The minimum Gasteiger partial charge on any atom is -0.485 e. The van der Waals surface area contributed by atoms with E-state index in [-0.39, 0.29) is 17.4 Å². The number of hydrogen-bond acceptors (Lipinski definition) is 7. The van der Waals surface area contributed by atoms with Crippen molar-refractivity contribution in [2.75, 3.05) is 10.6 Å². The van der Waals surface area contributed by atoms with Gasteiger partial charge in [-0.3, -0.25) is 4.79 Å². The van der Waals surface area contributed by atoms with Gasteiger partial charge in [0, 0.05) is 17.1 Å². The molecule has 9 nitrogen and oxygen atoms in total. The third kappa shape index (κ3) is 6.16. The largest absolute Gasteiger partial charge is 0.485 e. The second kappa shape index (κ2) is 11.2. The van der Waals surface area contributed by atoms with Crippen molar-refractivity contribution in [2.24, 2.45) is 0 Å². The van der Waals surface area contributed by atoms with E-state index < -0.39 is 11.7 Å². The number of hydrogen-bond donors (Lipinski definition) is 2. The number of nitrogens with one attached hydrogen (secondary N) is 2. The lowest BCUT2D eigenvalue weighted by Gasteiger charge is -2.14. The van der Waals surface area contributed by atoms with E-state index in [0.717, 1.165) is 11.6 Å². The normalized spacial score (nSPS) is 10.8. The fourth-order valence-electron chi connectivity index (χ4n) is 3.71. The van der Waals surface area contributed by atoms with E-state index in [1.807, 2.05) is 0 Å². The van der Waals surface area contributed by atoms with Crippen LogP contribution < -0.4 is 15.4 Å². The van der Waals surface area contributed by atoms with Crippen molar-refractivity contribution in [3.63, 3.8) is 0 Å². The molecule has 0 saturated carbocycles. The van der Waals surface area contributed by atoms with E-state index in [4.69, 9.17) is 16.3 Å². The second-order valence-corrected chi connectivity index (χ2v) is 8.76. The highest BCUT2D eigenvalue weighted by atomic mass is 35.5. The molecule has 0 radical (unpaired) electrons. The Kier molecular flexibility index (Phi) is 7.41. The van der Waals surface area contributed by atoms with Gasteiger partial charge in [0.05, 0.1) is 29.0 Å². The molecule has 2 heterocycles. The summed E-state index contributed by atoms with van der Waals surface area (Å²) in [6.45, 7) is 3.96. The highest BCUT2D eigenvalue weighted by Crippen LogP contribution is 2.34. The molecule has 0 aliphatic heterocycles. The van der Waals surface area contributed by atoms with Crippen LogP contribution in [0.3, 0.4) is 0 Å². The summed E-state index contributed by atoms with van der Waals surface area (Å²) in [4.78, 5) is 20.8. The maximum atomic E-state index is 13.6. The first-order valence-corrected chi connectivity index (χ1v) is 12.0. The topological polar surface area (TPSA) is 107 Å². The number of carbonyl (C=O) groups excluding carboxylic acids is 1. The van der Waals surface area contributed by atoms with Crippen molar-refractivity contribution in [1.82, 2.24) is 25.0 Å². The first-order valence-electron chi connectivity index (χ1n) is 11.6. The third-order valence-corrected chi connectivity index (χ3v) is 5.87. The molecule has 5 aromatic rings. The monoisotopic (exact) mass is 547 g/mol. The minimum atomic E-state index is -0.540. The zero-order valence-corrected chi connectivity index (χ0v) is 21.0. The Hall–Kier alpha value is -4.90. The number of amides is 1. The molecule has 3 aromatic carbocycles. The Morgan fingerprint density at radius 1 is 1.10 bits per heavy atom. The van der Waals surface area contributed by atoms with E-state index in [1.54, 1.807) is 35.1 Å². The van der Waals surface area contributed by atoms with Gasteiger partial charge in [0.15, 0.2) is 0 Å². The molecule has 1 amide bonds. The Bertz CT molecular complexity index is 1680. The maximum Gasteiger partial charge on any atom is 0.247 e. The summed E-state index contributed by atoms with van der Waals surface area (Å²) < 4.78 is 34.3. The van der Waals surface area contributed by atoms with Gasteiger partial charge in [0.1, 0.15) is 41.8 Å². The van der Waals surface area contributed by atoms with Crippen LogP contribution in [0.5, 0.6) is 5.75 Å². The Morgan fingerprint density at radius 2 is 1.92 bits per heavy atom. The van der Waals surface area contributed by atoms with Crippen LogP contribution in [0.15, 0.2) is 79.8 Å². The van der Waals surface area contributed by atoms with E-state index in [0.29, 0.717) is 46.1 Å². The van der Waals surface area contributed by atoms with Crippen LogP contribution in [0.4, 0.5) is 26.0 Å². The van der Waals surface area contributed by atoms with Gasteiger partial charge < -0.3 is 15.4 Å². The van der Waals surface area contributed by atoms with Gasteiger partial charge in [0.2, 0.25) is 5.91 Å². The molecule has 0 aliphatic rings. The van der Waals surface area contributed by atoms with Crippen molar-refractivity contribution in [3.05, 3.63) is 108 Å². The van der Waals surface area contributed by atoms with Crippen LogP contribution in [0.2, 0.25) is 5.02 Å². The van der Waals surface area contributed by atoms with E-state index in [1.165, 1.54) is 36.7 Å². The molecular weight excluding hydrogens is 528 g/mol. The minimum absolute atomic E-state index is 0.0393. The summed E-state index contributed by atoms with van der Waals surface area (Å²) in [5.41, 5.74) is 2.79. The number of ether oxygens (including phenoxy) is 1. The van der Waals surface area contributed by atoms with E-state index in [9.17, 15) is 13.6 Å². The lowest BCUT2D eigenvalue weighted by Crippen LogP contribution is -2.10. The summed E-state index contributed by atoms with van der Waals surface area (Å²) in [6.07, 6.45) is 4.21. The summed E-state index contributed by atoms with van der Waals surface area (Å²) >= 11 is 5.90. The summed E-state index contributed by atoms with van der Waals surface area (Å²) in [5, 5.41) is 14.6. The second-order valence-electron chi connectivity index (χ2n) is 8.36. The summed E-state index contributed by atoms with van der Waals surface area (Å²) in [5.74, 6) is -0.552. The molecule has 0 fully saturated rings. The summed E-state index contributed by atoms with van der Waals surface area (Å²) in [6, 6.07) is 13.6. The van der Waals surface area contributed by atoms with Gasteiger partial charge in [0.25, 0.3) is 0 Å². The molecule has 0 saturated heterocycles. The molecule has 39 heavy (non-hydrogen) atoms. The van der Waals surface area contributed by atoms with E-state index >= 15 is 0 Å². The number of nitrogens with zero attached hydrogens (tertiary/aromatic N) is 5. The number of rotatable bonds is 9. The van der Waals surface area contributed by atoms with Crippen LogP contribution in [0.25, 0.3) is 10.9 Å². The molecule has 0 atom stereocenters. The number of carbonyl (C=O) groups is 1. The molecular formula is C27H20ClF2N7O2. The maximum absolute atomic E-state index is 13.6. The molecule has 0 aliphatic carbocycles. The Balaban J connectivity index is 1.39. The van der Waals surface area contributed by atoms with Gasteiger partial charge in [-0.25, -0.2) is 23.4 Å². The van der Waals surface area contributed by atoms with Gasteiger partial charge in [-0.15, -0.1) is 5.10 Å². The molecule has 12 heteroatoms. The molecule has 2 N–H and O–H groups in total. The quantitative estimate of drug-likeness (QED) is 0.230. The van der Waals surface area contributed by atoms with E-state index in [2.05, 4.69) is 37.5 Å². The highest BCUT2D eigenvalue weighted by Gasteiger charge is 2.14. The molecule has 0 bridgehead atoms. The number of fused-ring (bicyclic) bond motifs is 1. The van der Waals surface area contributed by atoms with Crippen molar-refractivity contribution in [2.45, 2.75) is 13.2 Å². The van der Waals surface area contributed by atoms with Gasteiger partial charge >= 0.3 is 0 Å².